The second-order valence-corrected chi connectivity index (χ2v) is 9.00. The lowest BCUT2D eigenvalue weighted by Gasteiger charge is -2.17. The highest BCUT2D eigenvalue weighted by atomic mass is 35.5. The summed E-state index contributed by atoms with van der Waals surface area (Å²) in [5.74, 6) is 6.08. The fraction of sp³-hybridized carbons (Fsp3) is 0.300. The topological polar surface area (TPSA) is 64.6 Å². The number of sulfonamides is 1. The highest BCUT2D eigenvalue weighted by Gasteiger charge is 2.32. The first-order valence-corrected chi connectivity index (χ1v) is 10.4. The first kappa shape index (κ1) is 20.5. The van der Waals surface area contributed by atoms with E-state index in [4.69, 9.17) is 21.1 Å². The summed E-state index contributed by atoms with van der Waals surface area (Å²) in [5.41, 5.74) is 0.816. The van der Waals surface area contributed by atoms with Crippen LogP contribution in [0, 0.1) is 17.7 Å². The van der Waals surface area contributed by atoms with Crippen LogP contribution in [-0.2, 0) is 16.4 Å². The van der Waals surface area contributed by atoms with Crippen molar-refractivity contribution < 1.29 is 22.3 Å². The van der Waals surface area contributed by atoms with Crippen molar-refractivity contribution >= 4 is 21.6 Å². The van der Waals surface area contributed by atoms with Crippen LogP contribution in [0.1, 0.15) is 19.4 Å². The molecule has 3 rings (SSSR count). The molecule has 0 atom stereocenters. The molecule has 0 aliphatic carbocycles. The number of hydrogen-bond acceptors (Lipinski definition) is 4. The quantitative estimate of drug-likeness (QED) is 0.747. The van der Waals surface area contributed by atoms with Crippen LogP contribution in [-0.4, -0.2) is 27.2 Å². The Morgan fingerprint density at radius 3 is 2.82 bits per heavy atom. The summed E-state index contributed by atoms with van der Waals surface area (Å²) in [6.45, 7) is 4.00. The summed E-state index contributed by atoms with van der Waals surface area (Å²) in [4.78, 5) is -0.128. The third kappa shape index (κ3) is 4.76. The van der Waals surface area contributed by atoms with Crippen LogP contribution in [0.5, 0.6) is 11.5 Å². The van der Waals surface area contributed by atoms with E-state index in [0.717, 1.165) is 35.9 Å². The number of fused-ring (bicyclic) bond motifs is 1. The molecule has 1 N–H and O–H groups in total. The molecule has 0 aromatic heterocycles. The summed E-state index contributed by atoms with van der Waals surface area (Å²) in [7, 11) is -3.82. The first-order chi connectivity index (χ1) is 13.2. The summed E-state index contributed by atoms with van der Waals surface area (Å²) in [6.07, 6.45) is 0.806. The molecule has 0 bridgehead atoms. The monoisotopic (exact) mass is 423 g/mol. The standard InChI is InChI=1S/C20H19ClFNO4S/c1-20(2)13-14-6-5-7-18(19(14)27-20)26-11-4-3-10-23-28(24,25)15-8-9-17(22)16(21)12-15/h5-9,12,23H,10-11,13H2,1-2H3. The lowest BCUT2D eigenvalue weighted by molar-refractivity contribution is 0.133. The van der Waals surface area contributed by atoms with Gasteiger partial charge in [0, 0.05) is 12.0 Å². The minimum atomic E-state index is -3.82. The highest BCUT2D eigenvalue weighted by molar-refractivity contribution is 7.89. The zero-order valence-electron chi connectivity index (χ0n) is 15.4. The molecule has 0 saturated carbocycles. The van der Waals surface area contributed by atoms with Crippen LogP contribution < -0.4 is 14.2 Å². The van der Waals surface area contributed by atoms with Crippen LogP contribution in [0.2, 0.25) is 5.02 Å². The van der Waals surface area contributed by atoms with E-state index in [1.807, 2.05) is 32.0 Å². The first-order valence-electron chi connectivity index (χ1n) is 8.52. The van der Waals surface area contributed by atoms with Gasteiger partial charge in [-0.05, 0) is 38.1 Å². The maximum absolute atomic E-state index is 13.2. The molecule has 0 amide bonds. The zero-order valence-corrected chi connectivity index (χ0v) is 17.0. The Hall–Kier alpha value is -2.27. The van der Waals surface area contributed by atoms with Crippen molar-refractivity contribution in [1.82, 2.24) is 4.72 Å². The van der Waals surface area contributed by atoms with E-state index in [1.165, 1.54) is 0 Å². The molecule has 1 aliphatic heterocycles. The highest BCUT2D eigenvalue weighted by Crippen LogP contribution is 2.41. The van der Waals surface area contributed by atoms with Crippen molar-refractivity contribution in [3.63, 3.8) is 0 Å². The summed E-state index contributed by atoms with van der Waals surface area (Å²) in [5, 5.41) is -0.261. The van der Waals surface area contributed by atoms with E-state index in [2.05, 4.69) is 16.6 Å². The van der Waals surface area contributed by atoms with Crippen molar-refractivity contribution in [2.75, 3.05) is 13.2 Å². The number of hydrogen-bond donors (Lipinski definition) is 1. The number of ether oxygens (including phenoxy) is 2. The smallest absolute Gasteiger partial charge is 0.241 e. The Morgan fingerprint density at radius 2 is 2.07 bits per heavy atom. The van der Waals surface area contributed by atoms with Crippen molar-refractivity contribution in [1.29, 1.82) is 0 Å². The number of rotatable bonds is 5. The van der Waals surface area contributed by atoms with Gasteiger partial charge in [0.15, 0.2) is 11.5 Å². The number of benzene rings is 2. The van der Waals surface area contributed by atoms with Crippen LogP contribution in [0.4, 0.5) is 4.39 Å². The molecule has 5 nitrogen and oxygen atoms in total. The number of para-hydroxylation sites is 1. The van der Waals surface area contributed by atoms with Crippen molar-refractivity contribution in [2.24, 2.45) is 0 Å². The van der Waals surface area contributed by atoms with Gasteiger partial charge in [0.25, 0.3) is 0 Å². The Balaban J connectivity index is 1.54. The van der Waals surface area contributed by atoms with E-state index >= 15 is 0 Å². The Kier molecular flexibility index (Phi) is 5.84. The van der Waals surface area contributed by atoms with Crippen LogP contribution >= 0.6 is 11.6 Å². The van der Waals surface area contributed by atoms with Gasteiger partial charge in [-0.1, -0.05) is 35.6 Å². The van der Waals surface area contributed by atoms with Gasteiger partial charge in [0.2, 0.25) is 10.0 Å². The molecule has 0 saturated heterocycles. The lowest BCUT2D eigenvalue weighted by atomic mass is 10.0. The fourth-order valence-corrected chi connectivity index (χ4v) is 3.98. The largest absolute Gasteiger partial charge is 0.483 e. The molecule has 0 unspecified atom stereocenters. The van der Waals surface area contributed by atoms with E-state index in [-0.39, 0.29) is 28.7 Å². The molecule has 2 aromatic rings. The predicted octanol–water partition coefficient (Wildman–Crippen LogP) is 3.55. The van der Waals surface area contributed by atoms with Crippen LogP contribution in [0.25, 0.3) is 0 Å². The number of nitrogens with one attached hydrogen (secondary N) is 1. The molecule has 0 spiro atoms. The van der Waals surface area contributed by atoms with Gasteiger partial charge in [0.1, 0.15) is 18.0 Å². The molecule has 1 heterocycles. The van der Waals surface area contributed by atoms with Crippen molar-refractivity contribution in [3.8, 4) is 23.3 Å². The average molecular weight is 424 g/mol. The SMILES string of the molecule is CC1(C)Cc2cccc(OCC#CCNS(=O)(=O)c3ccc(F)c(Cl)c3)c2O1. The molecular formula is C20H19ClFNO4S. The summed E-state index contributed by atoms with van der Waals surface area (Å²) in [6, 6.07) is 8.89. The molecule has 2 aromatic carbocycles. The Labute approximate surface area is 168 Å². The van der Waals surface area contributed by atoms with Gasteiger partial charge in [0.05, 0.1) is 16.5 Å². The molecule has 28 heavy (non-hydrogen) atoms. The molecular weight excluding hydrogens is 405 g/mol. The fourth-order valence-electron chi connectivity index (χ4n) is 2.79. The predicted molar refractivity (Wildman–Crippen MR) is 105 cm³/mol. The van der Waals surface area contributed by atoms with E-state index < -0.39 is 15.8 Å². The van der Waals surface area contributed by atoms with Crippen LogP contribution in [0.3, 0.4) is 0 Å². The minimum absolute atomic E-state index is 0.0876. The van der Waals surface area contributed by atoms with Crippen molar-refractivity contribution in [2.45, 2.75) is 30.8 Å². The second kappa shape index (κ2) is 8.00. The average Bonchev–Trinajstić information content (AvgIpc) is 2.94. The van der Waals surface area contributed by atoms with Crippen molar-refractivity contribution in [3.05, 3.63) is 52.8 Å². The van der Waals surface area contributed by atoms with Crippen LogP contribution in [0.15, 0.2) is 41.3 Å². The number of halogens is 2. The molecule has 0 fully saturated rings. The molecule has 0 radical (unpaired) electrons. The molecule has 1 aliphatic rings. The maximum atomic E-state index is 13.2. The summed E-state index contributed by atoms with van der Waals surface area (Å²) < 4.78 is 51.3. The van der Waals surface area contributed by atoms with Gasteiger partial charge < -0.3 is 9.47 Å². The normalized spacial score (nSPS) is 14.6. The third-order valence-corrected chi connectivity index (χ3v) is 5.72. The summed E-state index contributed by atoms with van der Waals surface area (Å²) >= 11 is 5.62. The van der Waals surface area contributed by atoms with E-state index in [9.17, 15) is 12.8 Å². The lowest BCUT2D eigenvalue weighted by Crippen LogP contribution is -2.24. The zero-order chi connectivity index (χ0) is 20.4. The van der Waals surface area contributed by atoms with Gasteiger partial charge in [-0.25, -0.2) is 12.8 Å². The third-order valence-electron chi connectivity index (χ3n) is 4.03. The van der Waals surface area contributed by atoms with Gasteiger partial charge >= 0.3 is 0 Å². The van der Waals surface area contributed by atoms with E-state index in [0.29, 0.717) is 5.75 Å². The second-order valence-electron chi connectivity index (χ2n) is 6.83. The Bertz CT molecular complexity index is 1060. The van der Waals surface area contributed by atoms with Gasteiger partial charge in [-0.15, -0.1) is 0 Å². The maximum Gasteiger partial charge on any atom is 0.241 e. The minimum Gasteiger partial charge on any atom is -0.483 e. The van der Waals surface area contributed by atoms with E-state index in [1.54, 1.807) is 0 Å². The Morgan fingerprint density at radius 1 is 1.29 bits per heavy atom. The molecule has 148 valence electrons. The van der Waals surface area contributed by atoms with Gasteiger partial charge in [-0.2, -0.15) is 4.72 Å². The van der Waals surface area contributed by atoms with Gasteiger partial charge in [-0.3, -0.25) is 0 Å². The molecule has 8 heteroatoms.